The molecule has 70 valence electrons. The Balaban J connectivity index is 4.18. The Morgan fingerprint density at radius 1 is 1.42 bits per heavy atom. The van der Waals surface area contributed by atoms with Crippen LogP contribution in [-0.2, 0) is 0 Å². The summed E-state index contributed by atoms with van der Waals surface area (Å²) in [5, 5.41) is 0. The van der Waals surface area contributed by atoms with E-state index in [1.807, 2.05) is 0 Å². The molecule has 1 unspecified atom stereocenters. The predicted molar refractivity (Wildman–Crippen MR) is 55.4 cm³/mol. The number of hydrogen-bond donors (Lipinski definition) is 1. The van der Waals surface area contributed by atoms with Gasteiger partial charge in [-0.2, -0.15) is 0 Å². The van der Waals surface area contributed by atoms with Crippen molar-refractivity contribution in [2.75, 3.05) is 0 Å². The lowest BCUT2D eigenvalue weighted by Gasteiger charge is -2.25. The van der Waals surface area contributed by atoms with Gasteiger partial charge in [0, 0.05) is 6.21 Å². The van der Waals surface area contributed by atoms with Crippen molar-refractivity contribution in [2.24, 2.45) is 16.1 Å². The normalized spacial score (nSPS) is 16.0. The number of hydrogen-bond acceptors (Lipinski definition) is 2. The van der Waals surface area contributed by atoms with E-state index in [0.29, 0.717) is 6.04 Å². The Morgan fingerprint density at radius 2 is 2.00 bits per heavy atom. The SMILES string of the molecule is CCC(/N=C\C=C/N)C(C)(C)C. The van der Waals surface area contributed by atoms with Crippen LogP contribution in [0.3, 0.4) is 0 Å². The monoisotopic (exact) mass is 168 g/mol. The molecule has 2 N–H and O–H groups in total. The number of aliphatic imine (C=N–C) groups is 1. The van der Waals surface area contributed by atoms with E-state index in [1.54, 1.807) is 12.3 Å². The van der Waals surface area contributed by atoms with E-state index in [0.717, 1.165) is 6.42 Å². The molecular weight excluding hydrogens is 148 g/mol. The van der Waals surface area contributed by atoms with Crippen LogP contribution < -0.4 is 5.73 Å². The minimum atomic E-state index is 0.244. The van der Waals surface area contributed by atoms with Gasteiger partial charge in [0.15, 0.2) is 0 Å². The molecule has 0 saturated carbocycles. The molecule has 0 aliphatic carbocycles. The maximum absolute atomic E-state index is 5.19. The molecule has 0 rings (SSSR count). The van der Waals surface area contributed by atoms with Crippen molar-refractivity contribution >= 4 is 6.21 Å². The van der Waals surface area contributed by atoms with E-state index in [1.165, 1.54) is 6.20 Å². The smallest absolute Gasteiger partial charge is 0.0545 e. The van der Waals surface area contributed by atoms with Gasteiger partial charge in [-0.15, -0.1) is 0 Å². The van der Waals surface area contributed by atoms with Crippen molar-refractivity contribution in [2.45, 2.75) is 40.2 Å². The molecule has 0 fully saturated rings. The summed E-state index contributed by atoms with van der Waals surface area (Å²) >= 11 is 0. The van der Waals surface area contributed by atoms with E-state index in [4.69, 9.17) is 5.73 Å². The summed E-state index contributed by atoms with van der Waals surface area (Å²) in [4.78, 5) is 4.41. The van der Waals surface area contributed by atoms with Crippen LogP contribution in [0.25, 0.3) is 0 Å². The van der Waals surface area contributed by atoms with Crippen LogP contribution in [0.2, 0.25) is 0 Å². The minimum Gasteiger partial charge on any atom is -0.405 e. The largest absolute Gasteiger partial charge is 0.405 e. The van der Waals surface area contributed by atoms with Crippen LogP contribution in [-0.4, -0.2) is 12.3 Å². The highest BCUT2D eigenvalue weighted by atomic mass is 14.8. The van der Waals surface area contributed by atoms with Gasteiger partial charge >= 0.3 is 0 Å². The van der Waals surface area contributed by atoms with Crippen LogP contribution in [0, 0.1) is 5.41 Å². The van der Waals surface area contributed by atoms with Gasteiger partial charge in [-0.05, 0) is 24.1 Å². The first-order valence-corrected chi connectivity index (χ1v) is 4.42. The summed E-state index contributed by atoms with van der Waals surface area (Å²) in [5.74, 6) is 0. The van der Waals surface area contributed by atoms with Gasteiger partial charge in [-0.25, -0.2) is 0 Å². The van der Waals surface area contributed by atoms with Crippen LogP contribution in [0.5, 0.6) is 0 Å². The second-order valence-electron chi connectivity index (χ2n) is 3.97. The third-order valence-corrected chi connectivity index (χ3v) is 1.85. The quantitative estimate of drug-likeness (QED) is 0.645. The summed E-state index contributed by atoms with van der Waals surface area (Å²) in [7, 11) is 0. The van der Waals surface area contributed by atoms with Crippen LogP contribution >= 0.6 is 0 Å². The first kappa shape index (κ1) is 11.2. The molecule has 0 aromatic carbocycles. The van der Waals surface area contributed by atoms with Crippen LogP contribution in [0.4, 0.5) is 0 Å². The molecule has 2 heteroatoms. The molecule has 0 spiro atoms. The molecule has 0 heterocycles. The Bertz CT molecular complexity index is 163. The lowest BCUT2D eigenvalue weighted by molar-refractivity contribution is 0.316. The molecule has 0 amide bonds. The predicted octanol–water partition coefficient (Wildman–Crippen LogP) is 2.35. The molecule has 2 nitrogen and oxygen atoms in total. The summed E-state index contributed by atoms with van der Waals surface area (Å²) in [6, 6.07) is 0.383. The molecule has 0 aliphatic rings. The molecule has 0 radical (unpaired) electrons. The van der Waals surface area contributed by atoms with Gasteiger partial charge < -0.3 is 5.73 Å². The third-order valence-electron chi connectivity index (χ3n) is 1.85. The Kier molecular flexibility index (Phi) is 4.64. The van der Waals surface area contributed by atoms with Gasteiger partial charge in [0.2, 0.25) is 0 Å². The highest BCUT2D eigenvalue weighted by Gasteiger charge is 2.20. The molecule has 0 aliphatic heterocycles. The van der Waals surface area contributed by atoms with Gasteiger partial charge in [0.1, 0.15) is 0 Å². The lowest BCUT2D eigenvalue weighted by atomic mass is 9.86. The van der Waals surface area contributed by atoms with Gasteiger partial charge in [0.25, 0.3) is 0 Å². The second kappa shape index (κ2) is 4.96. The maximum atomic E-state index is 5.19. The second-order valence-corrected chi connectivity index (χ2v) is 3.97. The average molecular weight is 168 g/mol. The standard InChI is InChI=1S/C10H20N2/c1-5-9(10(2,3)4)12-8-6-7-11/h6-9H,5,11H2,1-4H3/b7-6-,12-8-. The first-order valence-electron chi connectivity index (χ1n) is 4.42. The minimum absolute atomic E-state index is 0.244. The van der Waals surface area contributed by atoms with Crippen LogP contribution in [0.1, 0.15) is 34.1 Å². The molecule has 0 saturated heterocycles. The summed E-state index contributed by atoms with van der Waals surface area (Å²) in [6.07, 6.45) is 6.10. The molecule has 12 heavy (non-hydrogen) atoms. The van der Waals surface area contributed by atoms with E-state index in [-0.39, 0.29) is 5.41 Å². The summed E-state index contributed by atoms with van der Waals surface area (Å²) < 4.78 is 0. The fourth-order valence-electron chi connectivity index (χ4n) is 1.14. The third kappa shape index (κ3) is 4.16. The molecule has 0 bridgehead atoms. The van der Waals surface area contributed by atoms with E-state index in [2.05, 4.69) is 32.7 Å². The summed E-state index contributed by atoms with van der Waals surface area (Å²) in [5.41, 5.74) is 5.44. The molecular formula is C10H20N2. The lowest BCUT2D eigenvalue weighted by Crippen LogP contribution is -2.23. The number of allylic oxidation sites excluding steroid dienone is 1. The highest BCUT2D eigenvalue weighted by molar-refractivity contribution is 5.70. The maximum Gasteiger partial charge on any atom is 0.0545 e. The first-order chi connectivity index (χ1) is 5.52. The average Bonchev–Trinajstić information content (AvgIpc) is 1.95. The number of rotatable bonds is 3. The van der Waals surface area contributed by atoms with Gasteiger partial charge in [-0.1, -0.05) is 27.7 Å². The van der Waals surface area contributed by atoms with E-state index in [9.17, 15) is 0 Å². The van der Waals surface area contributed by atoms with Crippen molar-refractivity contribution in [3.8, 4) is 0 Å². The zero-order valence-corrected chi connectivity index (χ0v) is 8.54. The van der Waals surface area contributed by atoms with Crippen molar-refractivity contribution in [3.63, 3.8) is 0 Å². The van der Waals surface area contributed by atoms with Crippen molar-refractivity contribution in [1.29, 1.82) is 0 Å². The zero-order chi connectivity index (χ0) is 9.61. The van der Waals surface area contributed by atoms with Gasteiger partial charge in [0.05, 0.1) is 6.04 Å². The molecule has 0 aromatic heterocycles. The number of nitrogens with zero attached hydrogens (tertiary/aromatic N) is 1. The topological polar surface area (TPSA) is 38.4 Å². The summed E-state index contributed by atoms with van der Waals surface area (Å²) in [6.45, 7) is 8.75. The van der Waals surface area contributed by atoms with Crippen molar-refractivity contribution < 1.29 is 0 Å². The number of nitrogens with two attached hydrogens (primary N) is 1. The van der Waals surface area contributed by atoms with Gasteiger partial charge in [-0.3, -0.25) is 4.99 Å². The van der Waals surface area contributed by atoms with Crippen LogP contribution in [0.15, 0.2) is 17.3 Å². The highest BCUT2D eigenvalue weighted by Crippen LogP contribution is 2.24. The van der Waals surface area contributed by atoms with E-state index < -0.39 is 0 Å². The van der Waals surface area contributed by atoms with E-state index >= 15 is 0 Å². The van der Waals surface area contributed by atoms with Crippen molar-refractivity contribution in [3.05, 3.63) is 12.3 Å². The van der Waals surface area contributed by atoms with Crippen molar-refractivity contribution in [1.82, 2.24) is 0 Å². The fourth-order valence-corrected chi connectivity index (χ4v) is 1.14. The zero-order valence-electron chi connectivity index (χ0n) is 8.54. The fraction of sp³-hybridized carbons (Fsp3) is 0.700. The Labute approximate surface area is 75.6 Å². The Hall–Kier alpha value is -0.790. The molecule has 0 aromatic rings. The Morgan fingerprint density at radius 3 is 2.33 bits per heavy atom. The molecule has 1 atom stereocenters.